The second-order valence-corrected chi connectivity index (χ2v) is 8.92. The maximum absolute atomic E-state index is 12.9. The molecule has 1 unspecified atom stereocenters. The number of hydrogen-bond acceptors (Lipinski definition) is 8. The molecule has 0 fully saturated rings. The van der Waals surface area contributed by atoms with Crippen LogP contribution >= 0.6 is 0 Å². The Kier molecular flexibility index (Phi) is 8.99. The molecule has 194 valence electrons. The van der Waals surface area contributed by atoms with E-state index in [0.717, 1.165) is 6.07 Å². The lowest BCUT2D eigenvalue weighted by Gasteiger charge is -2.14. The Morgan fingerprint density at radius 3 is 2.11 bits per heavy atom. The zero-order valence-electron chi connectivity index (χ0n) is 20.5. The van der Waals surface area contributed by atoms with Gasteiger partial charge in [-0.05, 0) is 29.4 Å². The highest BCUT2D eigenvalue weighted by Crippen LogP contribution is 2.37. The van der Waals surface area contributed by atoms with Gasteiger partial charge in [-0.1, -0.05) is 6.07 Å². The average Bonchev–Trinajstić information content (AvgIpc) is 2.90. The molecule has 3 aromatic rings. The number of ether oxygens (including phenoxy) is 4. The second kappa shape index (κ2) is 12.2. The summed E-state index contributed by atoms with van der Waals surface area (Å²) in [7, 11) is 5.93. The van der Waals surface area contributed by atoms with Gasteiger partial charge in [-0.3, -0.25) is 10.1 Å². The second-order valence-electron chi connectivity index (χ2n) is 7.60. The Morgan fingerprint density at radius 2 is 1.57 bits per heavy atom. The minimum Gasteiger partial charge on any atom is -0.612 e. The Bertz CT molecular complexity index is 1310. The largest absolute Gasteiger partial charge is 0.612 e. The van der Waals surface area contributed by atoms with Gasteiger partial charge >= 0.3 is 5.97 Å². The number of methoxy groups -OCH3 is 4. The van der Waals surface area contributed by atoms with Crippen LogP contribution < -0.4 is 18.9 Å². The van der Waals surface area contributed by atoms with Crippen LogP contribution in [0.1, 0.15) is 21.5 Å². The fraction of sp³-hybridized carbons (Fsp3) is 0.192. The SMILES string of the molecule is COc1cc(OC)c(C=C[S+]([O-])Cc2ccc(OC)c(-c3cc([N+](=O)[O-])ccc3C(=O)O)c2)c(OC)c1. The minimum atomic E-state index is -1.49. The van der Waals surface area contributed by atoms with E-state index in [2.05, 4.69) is 0 Å². The van der Waals surface area contributed by atoms with E-state index in [9.17, 15) is 24.6 Å². The molecule has 0 aliphatic rings. The average molecular weight is 528 g/mol. The van der Waals surface area contributed by atoms with Crippen LogP contribution in [0.2, 0.25) is 0 Å². The summed E-state index contributed by atoms with van der Waals surface area (Å²) in [6.07, 6.45) is 1.63. The van der Waals surface area contributed by atoms with Gasteiger partial charge in [0.25, 0.3) is 5.69 Å². The van der Waals surface area contributed by atoms with Crippen LogP contribution in [0.25, 0.3) is 17.2 Å². The lowest BCUT2D eigenvalue weighted by Crippen LogP contribution is -2.04. The summed E-state index contributed by atoms with van der Waals surface area (Å²) in [5.74, 6) is 0.656. The maximum Gasteiger partial charge on any atom is 0.336 e. The van der Waals surface area contributed by atoms with E-state index in [1.807, 2.05) is 0 Å². The van der Waals surface area contributed by atoms with Crippen molar-refractivity contribution in [2.45, 2.75) is 5.75 Å². The molecule has 1 atom stereocenters. The number of carboxylic acids is 1. The molecule has 0 aliphatic carbocycles. The Balaban J connectivity index is 1.96. The van der Waals surface area contributed by atoms with Gasteiger partial charge in [0.1, 0.15) is 34.2 Å². The fourth-order valence-corrected chi connectivity index (χ4v) is 4.56. The van der Waals surface area contributed by atoms with Crippen molar-refractivity contribution in [3.05, 3.63) is 80.7 Å². The predicted octanol–water partition coefficient (Wildman–Crippen LogP) is 4.91. The van der Waals surface area contributed by atoms with E-state index in [0.29, 0.717) is 39.7 Å². The third-order valence-electron chi connectivity index (χ3n) is 5.45. The Labute approximate surface area is 216 Å². The smallest absolute Gasteiger partial charge is 0.336 e. The summed E-state index contributed by atoms with van der Waals surface area (Å²) in [4.78, 5) is 22.5. The summed E-state index contributed by atoms with van der Waals surface area (Å²) in [6.45, 7) is 0. The van der Waals surface area contributed by atoms with Crippen LogP contribution in [-0.2, 0) is 16.9 Å². The number of nitro groups is 1. The van der Waals surface area contributed by atoms with Crippen molar-refractivity contribution < 1.29 is 38.3 Å². The maximum atomic E-state index is 12.9. The molecule has 0 amide bonds. The van der Waals surface area contributed by atoms with E-state index in [4.69, 9.17) is 18.9 Å². The zero-order valence-corrected chi connectivity index (χ0v) is 21.4. The van der Waals surface area contributed by atoms with Crippen LogP contribution in [0.3, 0.4) is 0 Å². The molecule has 0 saturated carbocycles. The zero-order chi connectivity index (χ0) is 27.1. The first kappa shape index (κ1) is 27.4. The van der Waals surface area contributed by atoms with Gasteiger partial charge in [-0.25, -0.2) is 4.79 Å². The normalized spacial score (nSPS) is 11.7. The molecule has 1 N–H and O–H groups in total. The number of benzene rings is 3. The molecule has 37 heavy (non-hydrogen) atoms. The first-order chi connectivity index (χ1) is 17.7. The van der Waals surface area contributed by atoms with Crippen LogP contribution in [-0.4, -0.2) is 49.0 Å². The monoisotopic (exact) mass is 527 g/mol. The number of carbonyl (C=O) groups is 1. The summed E-state index contributed by atoms with van der Waals surface area (Å²) in [6, 6.07) is 11.8. The van der Waals surface area contributed by atoms with Crippen molar-refractivity contribution in [2.24, 2.45) is 0 Å². The number of rotatable bonds is 11. The van der Waals surface area contributed by atoms with Crippen molar-refractivity contribution in [3.8, 4) is 34.1 Å². The lowest BCUT2D eigenvalue weighted by molar-refractivity contribution is -0.384. The summed E-state index contributed by atoms with van der Waals surface area (Å²) in [5.41, 5.74) is 1.25. The number of carboxylic acid groups (broad SMARTS) is 1. The predicted molar refractivity (Wildman–Crippen MR) is 139 cm³/mol. The third-order valence-corrected chi connectivity index (χ3v) is 6.50. The first-order valence-electron chi connectivity index (χ1n) is 10.8. The van der Waals surface area contributed by atoms with Crippen LogP contribution in [0.15, 0.2) is 53.9 Å². The molecule has 0 aliphatic heterocycles. The standard InChI is InChI=1S/C26H25NO9S/c1-33-18-13-24(35-3)20(25(14-18)36-4)9-10-37(32)15-16-5-8-23(34-2)22(11-16)21-12-17(27(30)31)6-7-19(21)26(28)29/h5-14H,15H2,1-4H3,(H,28,29). The van der Waals surface area contributed by atoms with Crippen molar-refractivity contribution in [2.75, 3.05) is 28.4 Å². The summed E-state index contributed by atoms with van der Waals surface area (Å²) >= 11 is -1.49. The summed E-state index contributed by atoms with van der Waals surface area (Å²) < 4.78 is 34.4. The highest BCUT2D eigenvalue weighted by atomic mass is 32.2. The van der Waals surface area contributed by atoms with E-state index in [1.165, 1.54) is 46.0 Å². The summed E-state index contributed by atoms with van der Waals surface area (Å²) in [5, 5.41) is 22.4. The third kappa shape index (κ3) is 6.32. The van der Waals surface area contributed by atoms with E-state index < -0.39 is 22.1 Å². The Hall–Kier alpha value is -4.22. The van der Waals surface area contributed by atoms with Gasteiger partial charge in [-0.15, -0.1) is 0 Å². The van der Waals surface area contributed by atoms with Crippen molar-refractivity contribution in [1.29, 1.82) is 0 Å². The van der Waals surface area contributed by atoms with Gasteiger partial charge < -0.3 is 28.6 Å². The van der Waals surface area contributed by atoms with Gasteiger partial charge in [0.2, 0.25) is 0 Å². The number of hydrogen-bond donors (Lipinski definition) is 1. The van der Waals surface area contributed by atoms with Crippen molar-refractivity contribution in [3.63, 3.8) is 0 Å². The number of nitro benzene ring substituents is 1. The number of aromatic carboxylic acids is 1. The van der Waals surface area contributed by atoms with E-state index in [-0.39, 0.29) is 22.6 Å². The molecular weight excluding hydrogens is 502 g/mol. The first-order valence-corrected chi connectivity index (χ1v) is 12.1. The molecule has 3 rings (SSSR count). The number of nitrogens with zero attached hydrogens (tertiary/aromatic N) is 1. The minimum absolute atomic E-state index is 0.0889. The molecule has 0 aromatic heterocycles. The molecule has 11 heteroatoms. The molecular formula is C26H25NO9S. The van der Waals surface area contributed by atoms with Gasteiger partial charge in [-0.2, -0.15) is 0 Å². The molecule has 10 nitrogen and oxygen atoms in total. The molecule has 0 radical (unpaired) electrons. The molecule has 3 aromatic carbocycles. The molecule has 0 saturated heterocycles. The fourth-order valence-electron chi connectivity index (χ4n) is 3.66. The van der Waals surface area contributed by atoms with E-state index in [1.54, 1.807) is 36.4 Å². The molecule has 0 heterocycles. The van der Waals surface area contributed by atoms with E-state index >= 15 is 0 Å². The van der Waals surface area contributed by atoms with Gasteiger partial charge in [0, 0.05) is 47.0 Å². The Morgan fingerprint density at radius 1 is 0.919 bits per heavy atom. The molecule has 0 bridgehead atoms. The highest BCUT2D eigenvalue weighted by molar-refractivity contribution is 7.93. The van der Waals surface area contributed by atoms with Crippen LogP contribution in [0.4, 0.5) is 5.69 Å². The van der Waals surface area contributed by atoms with Gasteiger partial charge in [0.15, 0.2) is 0 Å². The quantitative estimate of drug-likeness (QED) is 0.209. The number of non-ortho nitro benzene ring substituents is 1. The highest BCUT2D eigenvalue weighted by Gasteiger charge is 2.21. The van der Waals surface area contributed by atoms with Crippen molar-refractivity contribution in [1.82, 2.24) is 0 Å². The van der Waals surface area contributed by atoms with Crippen LogP contribution in [0, 0.1) is 10.1 Å². The molecule has 0 spiro atoms. The lowest BCUT2D eigenvalue weighted by atomic mass is 9.96. The van der Waals surface area contributed by atoms with Gasteiger partial charge in [0.05, 0.1) is 44.5 Å². The van der Waals surface area contributed by atoms with Crippen LogP contribution in [0.5, 0.6) is 23.0 Å². The topological polar surface area (TPSA) is 140 Å². The van der Waals surface area contributed by atoms with Crippen molar-refractivity contribution >= 4 is 28.9 Å².